The van der Waals surface area contributed by atoms with Gasteiger partial charge in [0.2, 0.25) is 0 Å². The lowest BCUT2D eigenvalue weighted by Gasteiger charge is -2.17. The highest BCUT2D eigenvalue weighted by Crippen LogP contribution is 2.30. The van der Waals surface area contributed by atoms with Gasteiger partial charge in [-0.1, -0.05) is 36.4 Å². The molecule has 0 unspecified atom stereocenters. The van der Waals surface area contributed by atoms with Crippen molar-refractivity contribution in [2.45, 2.75) is 25.7 Å². The average Bonchev–Trinajstić information content (AvgIpc) is 2.59. The van der Waals surface area contributed by atoms with Crippen molar-refractivity contribution in [3.63, 3.8) is 0 Å². The molecule has 0 spiro atoms. The number of alkyl halides is 3. The van der Waals surface area contributed by atoms with E-state index in [0.717, 1.165) is 22.5 Å². The van der Waals surface area contributed by atoms with Crippen LogP contribution in [0, 0.1) is 0 Å². The highest BCUT2D eigenvalue weighted by molar-refractivity contribution is 5.81. The van der Waals surface area contributed by atoms with Crippen molar-refractivity contribution < 1.29 is 13.2 Å². The molecule has 1 heterocycles. The molecule has 5 heteroatoms. The molecule has 0 saturated carbocycles. The van der Waals surface area contributed by atoms with Gasteiger partial charge in [0.05, 0.1) is 11.1 Å². The van der Waals surface area contributed by atoms with Gasteiger partial charge in [-0.3, -0.25) is 4.98 Å². The predicted octanol–water partition coefficient (Wildman–Crippen LogP) is 5.10. The largest absolute Gasteiger partial charge is 0.416 e. The van der Waals surface area contributed by atoms with Crippen molar-refractivity contribution in [1.29, 1.82) is 0 Å². The normalized spacial score (nSPS) is 13.2. The van der Waals surface area contributed by atoms with Crippen molar-refractivity contribution >= 4 is 10.9 Å². The third kappa shape index (κ3) is 3.57. The van der Waals surface area contributed by atoms with E-state index in [0.29, 0.717) is 12.1 Å². The van der Waals surface area contributed by atoms with Crippen LogP contribution in [-0.2, 0) is 12.7 Å². The number of hydrogen-bond donors (Lipinski definition) is 1. The molecule has 0 bridgehead atoms. The molecule has 0 fully saturated rings. The van der Waals surface area contributed by atoms with Gasteiger partial charge in [-0.15, -0.1) is 0 Å². The van der Waals surface area contributed by atoms with Gasteiger partial charge in [0, 0.05) is 24.2 Å². The highest BCUT2D eigenvalue weighted by atomic mass is 19.4. The van der Waals surface area contributed by atoms with E-state index >= 15 is 0 Å². The number of aromatic nitrogens is 1. The summed E-state index contributed by atoms with van der Waals surface area (Å²) >= 11 is 0. The third-order valence-electron chi connectivity index (χ3n) is 4.03. The molecule has 0 amide bonds. The van der Waals surface area contributed by atoms with Crippen molar-refractivity contribution in [3.05, 3.63) is 77.5 Å². The number of nitrogens with one attached hydrogen (secondary N) is 1. The average molecular weight is 330 g/mol. The molecule has 0 aliphatic heterocycles. The van der Waals surface area contributed by atoms with Crippen molar-refractivity contribution in [3.8, 4) is 0 Å². The van der Waals surface area contributed by atoms with Crippen LogP contribution >= 0.6 is 0 Å². The van der Waals surface area contributed by atoms with Crippen LogP contribution < -0.4 is 5.32 Å². The monoisotopic (exact) mass is 330 g/mol. The zero-order chi connectivity index (χ0) is 17.2. The number of para-hydroxylation sites is 1. The molecule has 3 aromatic rings. The van der Waals surface area contributed by atoms with E-state index in [1.54, 1.807) is 12.3 Å². The first-order valence-electron chi connectivity index (χ1n) is 7.68. The summed E-state index contributed by atoms with van der Waals surface area (Å²) < 4.78 is 38.5. The van der Waals surface area contributed by atoms with Gasteiger partial charge in [0.25, 0.3) is 0 Å². The number of fused-ring (bicyclic) bond motifs is 1. The van der Waals surface area contributed by atoms with Gasteiger partial charge in [-0.2, -0.15) is 13.2 Å². The van der Waals surface area contributed by atoms with E-state index in [4.69, 9.17) is 0 Å². The molecule has 24 heavy (non-hydrogen) atoms. The number of benzene rings is 2. The molecule has 3 rings (SSSR count). The number of pyridine rings is 1. The summed E-state index contributed by atoms with van der Waals surface area (Å²) in [7, 11) is 0. The summed E-state index contributed by atoms with van der Waals surface area (Å²) in [4.78, 5) is 4.39. The van der Waals surface area contributed by atoms with Crippen LogP contribution in [-0.4, -0.2) is 4.98 Å². The Morgan fingerprint density at radius 2 is 1.79 bits per heavy atom. The van der Waals surface area contributed by atoms with Crippen LogP contribution in [0.25, 0.3) is 10.9 Å². The van der Waals surface area contributed by atoms with E-state index in [-0.39, 0.29) is 6.04 Å². The first kappa shape index (κ1) is 16.5. The fraction of sp³-hybridized carbons (Fsp3) is 0.211. The standard InChI is InChI=1S/C19H17F3N2/c1-13(15-6-3-9-17(11-15)19(20,21)22)24-12-16-7-2-5-14-8-4-10-23-18(14)16/h2-11,13,24H,12H2,1H3/t13-/m1/s1. The topological polar surface area (TPSA) is 24.9 Å². The molecule has 0 saturated heterocycles. The number of halogens is 3. The molecular weight excluding hydrogens is 313 g/mol. The molecule has 1 N–H and O–H groups in total. The molecule has 0 aliphatic carbocycles. The van der Waals surface area contributed by atoms with E-state index in [9.17, 15) is 13.2 Å². The van der Waals surface area contributed by atoms with E-state index in [1.165, 1.54) is 12.1 Å². The molecule has 0 aliphatic rings. The van der Waals surface area contributed by atoms with Gasteiger partial charge in [0.1, 0.15) is 0 Å². The van der Waals surface area contributed by atoms with Gasteiger partial charge in [-0.05, 0) is 36.2 Å². The Balaban J connectivity index is 1.77. The molecule has 1 atom stereocenters. The molecule has 124 valence electrons. The summed E-state index contributed by atoms with van der Waals surface area (Å²) in [6.07, 6.45) is -2.59. The van der Waals surface area contributed by atoms with Crippen molar-refractivity contribution in [2.75, 3.05) is 0 Å². The quantitative estimate of drug-likeness (QED) is 0.719. The maximum absolute atomic E-state index is 12.8. The number of hydrogen-bond acceptors (Lipinski definition) is 2. The molecular formula is C19H17F3N2. The van der Waals surface area contributed by atoms with Crippen molar-refractivity contribution in [1.82, 2.24) is 10.3 Å². The summed E-state index contributed by atoms with van der Waals surface area (Å²) in [5.41, 5.74) is 1.91. The third-order valence-corrected chi connectivity index (χ3v) is 4.03. The number of rotatable bonds is 4. The lowest BCUT2D eigenvalue weighted by Crippen LogP contribution is -2.19. The first-order valence-corrected chi connectivity index (χ1v) is 7.68. The maximum Gasteiger partial charge on any atom is 0.416 e. The minimum Gasteiger partial charge on any atom is -0.306 e. The van der Waals surface area contributed by atoms with Gasteiger partial charge in [-0.25, -0.2) is 0 Å². The van der Waals surface area contributed by atoms with E-state index in [1.807, 2.05) is 37.3 Å². The Hall–Kier alpha value is -2.40. The molecule has 2 aromatic carbocycles. The second-order valence-corrected chi connectivity index (χ2v) is 5.72. The fourth-order valence-electron chi connectivity index (χ4n) is 2.68. The van der Waals surface area contributed by atoms with Gasteiger partial charge >= 0.3 is 6.18 Å². The van der Waals surface area contributed by atoms with Crippen LogP contribution in [0.4, 0.5) is 13.2 Å². The Bertz CT molecular complexity index is 838. The van der Waals surface area contributed by atoms with Crippen LogP contribution in [0.15, 0.2) is 60.8 Å². The summed E-state index contributed by atoms with van der Waals surface area (Å²) in [6.45, 7) is 2.39. The van der Waals surface area contributed by atoms with Gasteiger partial charge < -0.3 is 5.32 Å². The van der Waals surface area contributed by atoms with Crippen LogP contribution in [0.2, 0.25) is 0 Å². The Kier molecular flexibility index (Phi) is 4.53. The van der Waals surface area contributed by atoms with E-state index in [2.05, 4.69) is 10.3 Å². The Labute approximate surface area is 138 Å². The zero-order valence-corrected chi connectivity index (χ0v) is 13.1. The first-order chi connectivity index (χ1) is 11.4. The zero-order valence-electron chi connectivity index (χ0n) is 13.1. The Morgan fingerprint density at radius 1 is 1.04 bits per heavy atom. The summed E-state index contributed by atoms with van der Waals surface area (Å²) in [6, 6.07) is 15.0. The fourth-order valence-corrected chi connectivity index (χ4v) is 2.68. The SMILES string of the molecule is C[C@@H](NCc1cccc2cccnc12)c1cccc(C(F)(F)F)c1. The van der Waals surface area contributed by atoms with E-state index < -0.39 is 11.7 Å². The summed E-state index contributed by atoms with van der Waals surface area (Å²) in [5, 5.41) is 4.32. The summed E-state index contributed by atoms with van der Waals surface area (Å²) in [5.74, 6) is 0. The van der Waals surface area contributed by atoms with Crippen LogP contribution in [0.1, 0.15) is 29.7 Å². The van der Waals surface area contributed by atoms with Gasteiger partial charge in [0.15, 0.2) is 0 Å². The smallest absolute Gasteiger partial charge is 0.306 e. The minimum atomic E-state index is -4.32. The highest BCUT2D eigenvalue weighted by Gasteiger charge is 2.30. The maximum atomic E-state index is 12.8. The van der Waals surface area contributed by atoms with Crippen LogP contribution in [0.5, 0.6) is 0 Å². The lowest BCUT2D eigenvalue weighted by atomic mass is 10.0. The minimum absolute atomic E-state index is 0.203. The second kappa shape index (κ2) is 6.61. The molecule has 2 nitrogen and oxygen atoms in total. The molecule has 1 aromatic heterocycles. The predicted molar refractivity (Wildman–Crippen MR) is 88.4 cm³/mol. The molecule has 0 radical (unpaired) electrons. The number of nitrogens with zero attached hydrogens (tertiary/aromatic N) is 1. The Morgan fingerprint density at radius 3 is 2.58 bits per heavy atom. The van der Waals surface area contributed by atoms with Crippen LogP contribution in [0.3, 0.4) is 0 Å². The second-order valence-electron chi connectivity index (χ2n) is 5.72. The van der Waals surface area contributed by atoms with Crippen molar-refractivity contribution in [2.24, 2.45) is 0 Å². The lowest BCUT2D eigenvalue weighted by molar-refractivity contribution is -0.137.